The molecule has 0 unspecified atom stereocenters. The topological polar surface area (TPSA) is 57.9 Å². The Labute approximate surface area is 172 Å². The molecule has 0 saturated carbocycles. The number of halogens is 2. The molecule has 8 heteroatoms. The van der Waals surface area contributed by atoms with E-state index in [9.17, 15) is 4.39 Å². The maximum atomic E-state index is 14.8. The summed E-state index contributed by atoms with van der Waals surface area (Å²) in [7, 11) is 0. The van der Waals surface area contributed by atoms with E-state index in [-0.39, 0.29) is 5.82 Å². The van der Waals surface area contributed by atoms with Crippen LogP contribution in [-0.4, -0.2) is 40.7 Å². The van der Waals surface area contributed by atoms with Crippen molar-refractivity contribution in [2.75, 3.05) is 19.8 Å². The van der Waals surface area contributed by atoms with E-state index < -0.39 is 6.48 Å². The predicted octanol–water partition coefficient (Wildman–Crippen LogP) is 4.74. The van der Waals surface area contributed by atoms with Gasteiger partial charge in [0.05, 0.1) is 29.4 Å². The summed E-state index contributed by atoms with van der Waals surface area (Å²) >= 11 is 6.05. The van der Waals surface area contributed by atoms with Gasteiger partial charge in [-0.05, 0) is 50.1 Å². The Kier molecular flexibility index (Phi) is 5.91. The molecule has 3 heterocycles. The number of rotatable bonds is 8. The number of nitrogens with zero attached hydrogens (tertiary/aromatic N) is 3. The lowest BCUT2D eigenvalue weighted by atomic mass is 10.1. The Morgan fingerprint density at radius 1 is 1.00 bits per heavy atom. The van der Waals surface area contributed by atoms with Crippen molar-refractivity contribution >= 4 is 38.9 Å². The van der Waals surface area contributed by atoms with Crippen LogP contribution in [0.4, 0.5) is 4.39 Å². The molecule has 152 valence electrons. The standard InChI is InChI=1S/C21H21ClFN3O3/c1-3-27-21(28-4-2)29-6-5-13-7-16(23)14-9-19-15-10-20(22)24-11-17(15)25-12-26(19)18(14)8-13/h7-12,21H,3-6H2,1-2H3. The van der Waals surface area contributed by atoms with Crippen molar-refractivity contribution in [1.82, 2.24) is 14.4 Å². The number of fused-ring (bicyclic) bond motifs is 5. The molecule has 0 saturated heterocycles. The van der Waals surface area contributed by atoms with Crippen LogP contribution in [0.1, 0.15) is 19.4 Å². The zero-order chi connectivity index (χ0) is 20.4. The van der Waals surface area contributed by atoms with E-state index in [1.807, 2.05) is 30.4 Å². The summed E-state index contributed by atoms with van der Waals surface area (Å²) in [6.45, 7) is 4.36. The summed E-state index contributed by atoms with van der Waals surface area (Å²) in [6.07, 6.45) is 3.81. The Morgan fingerprint density at radius 3 is 2.52 bits per heavy atom. The number of benzene rings is 1. The summed E-state index contributed by atoms with van der Waals surface area (Å²) in [4.78, 5) is 8.48. The molecule has 0 aliphatic rings. The molecule has 0 atom stereocenters. The lowest BCUT2D eigenvalue weighted by Crippen LogP contribution is -2.22. The fourth-order valence-electron chi connectivity index (χ4n) is 3.35. The molecule has 0 amide bonds. The quantitative estimate of drug-likeness (QED) is 0.306. The number of ether oxygens (including phenoxy) is 3. The molecule has 3 aromatic heterocycles. The molecule has 0 radical (unpaired) electrons. The normalized spacial score (nSPS) is 12.0. The zero-order valence-electron chi connectivity index (χ0n) is 16.2. The molecule has 4 aromatic rings. The highest BCUT2D eigenvalue weighted by molar-refractivity contribution is 6.30. The number of pyridine rings is 1. The second kappa shape index (κ2) is 8.59. The van der Waals surface area contributed by atoms with Crippen molar-refractivity contribution in [3.63, 3.8) is 0 Å². The summed E-state index contributed by atoms with van der Waals surface area (Å²) in [5.41, 5.74) is 3.09. The molecule has 0 N–H and O–H groups in total. The highest BCUT2D eigenvalue weighted by Crippen LogP contribution is 2.29. The average Bonchev–Trinajstić information content (AvgIpc) is 3.08. The van der Waals surface area contributed by atoms with Crippen LogP contribution in [0.3, 0.4) is 0 Å². The van der Waals surface area contributed by atoms with Crippen molar-refractivity contribution in [3.05, 3.63) is 53.3 Å². The molecular formula is C21H21ClFN3O3. The summed E-state index contributed by atoms with van der Waals surface area (Å²) < 4.78 is 33.0. The summed E-state index contributed by atoms with van der Waals surface area (Å²) in [6, 6.07) is 7.03. The van der Waals surface area contributed by atoms with Gasteiger partial charge in [-0.2, -0.15) is 0 Å². The minimum atomic E-state index is -0.707. The fourth-order valence-corrected chi connectivity index (χ4v) is 3.51. The Morgan fingerprint density at radius 2 is 1.76 bits per heavy atom. The third kappa shape index (κ3) is 4.04. The maximum Gasteiger partial charge on any atom is 0.271 e. The fraction of sp³-hybridized carbons (Fsp3) is 0.333. The van der Waals surface area contributed by atoms with Crippen LogP contribution in [-0.2, 0) is 20.6 Å². The van der Waals surface area contributed by atoms with Crippen LogP contribution in [0.25, 0.3) is 27.3 Å². The van der Waals surface area contributed by atoms with Crippen LogP contribution in [0.2, 0.25) is 5.15 Å². The van der Waals surface area contributed by atoms with Crippen LogP contribution < -0.4 is 0 Å². The van der Waals surface area contributed by atoms with Crippen LogP contribution >= 0.6 is 11.6 Å². The van der Waals surface area contributed by atoms with Crippen LogP contribution in [0.15, 0.2) is 36.8 Å². The number of hydrogen-bond acceptors (Lipinski definition) is 5. The number of aromatic nitrogens is 3. The predicted molar refractivity (Wildman–Crippen MR) is 110 cm³/mol. The SMILES string of the molecule is CCOC(OCC)OCCc1cc(F)c2cc3c4cc(Cl)ncc4ncn3c2c1. The van der Waals surface area contributed by atoms with Crippen LogP contribution in [0, 0.1) is 5.82 Å². The molecule has 0 fully saturated rings. The first-order chi connectivity index (χ1) is 14.1. The maximum absolute atomic E-state index is 14.8. The number of hydrogen-bond donors (Lipinski definition) is 0. The zero-order valence-corrected chi connectivity index (χ0v) is 16.9. The second-order valence-electron chi connectivity index (χ2n) is 6.50. The van der Waals surface area contributed by atoms with Gasteiger partial charge in [0.1, 0.15) is 17.3 Å². The molecule has 0 spiro atoms. The highest BCUT2D eigenvalue weighted by atomic mass is 35.5. The highest BCUT2D eigenvalue weighted by Gasteiger charge is 2.13. The smallest absolute Gasteiger partial charge is 0.271 e. The van der Waals surface area contributed by atoms with Gasteiger partial charge in [-0.15, -0.1) is 0 Å². The largest absolute Gasteiger partial charge is 0.330 e. The Hall–Kier alpha value is -2.32. The van der Waals surface area contributed by atoms with Gasteiger partial charge in [0, 0.05) is 24.0 Å². The molecule has 0 aliphatic heterocycles. The van der Waals surface area contributed by atoms with Crippen molar-refractivity contribution in [2.45, 2.75) is 26.7 Å². The van der Waals surface area contributed by atoms with Crippen molar-refractivity contribution in [3.8, 4) is 0 Å². The van der Waals surface area contributed by atoms with Gasteiger partial charge >= 0.3 is 0 Å². The second-order valence-corrected chi connectivity index (χ2v) is 6.89. The van der Waals surface area contributed by atoms with Gasteiger partial charge in [-0.1, -0.05) is 11.6 Å². The van der Waals surface area contributed by atoms with Gasteiger partial charge in [-0.3, -0.25) is 4.40 Å². The van der Waals surface area contributed by atoms with E-state index in [1.54, 1.807) is 18.6 Å². The Bertz CT molecular complexity index is 1160. The Balaban J connectivity index is 1.66. The van der Waals surface area contributed by atoms with Gasteiger partial charge in [0.2, 0.25) is 0 Å². The van der Waals surface area contributed by atoms with Crippen molar-refractivity contribution in [1.29, 1.82) is 0 Å². The third-order valence-electron chi connectivity index (χ3n) is 4.66. The van der Waals surface area contributed by atoms with Crippen molar-refractivity contribution in [2.24, 2.45) is 0 Å². The molecule has 4 rings (SSSR count). The van der Waals surface area contributed by atoms with Gasteiger partial charge in [-0.25, -0.2) is 14.4 Å². The molecule has 1 aromatic carbocycles. The minimum Gasteiger partial charge on any atom is -0.330 e. The molecule has 0 bridgehead atoms. The van der Waals surface area contributed by atoms with Gasteiger partial charge < -0.3 is 14.2 Å². The first-order valence-electron chi connectivity index (χ1n) is 9.49. The molecule has 6 nitrogen and oxygen atoms in total. The van der Waals surface area contributed by atoms with Crippen molar-refractivity contribution < 1.29 is 18.6 Å². The van der Waals surface area contributed by atoms with Gasteiger partial charge in [0.15, 0.2) is 0 Å². The molecular weight excluding hydrogens is 397 g/mol. The molecule has 29 heavy (non-hydrogen) atoms. The lowest BCUT2D eigenvalue weighted by Gasteiger charge is -2.17. The first-order valence-corrected chi connectivity index (χ1v) is 9.86. The average molecular weight is 418 g/mol. The molecule has 0 aliphatic carbocycles. The van der Waals surface area contributed by atoms with E-state index in [0.717, 1.165) is 22.0 Å². The van der Waals surface area contributed by atoms with E-state index in [1.165, 1.54) is 6.07 Å². The summed E-state index contributed by atoms with van der Waals surface area (Å²) in [5.74, 6) is -0.291. The van der Waals surface area contributed by atoms with E-state index in [0.29, 0.717) is 42.3 Å². The van der Waals surface area contributed by atoms with E-state index in [4.69, 9.17) is 25.8 Å². The lowest BCUT2D eigenvalue weighted by molar-refractivity contribution is -0.284. The summed E-state index contributed by atoms with van der Waals surface area (Å²) in [5, 5.41) is 1.72. The van der Waals surface area contributed by atoms with E-state index in [2.05, 4.69) is 9.97 Å². The first kappa shape index (κ1) is 20.0. The minimum absolute atomic E-state index is 0.291. The third-order valence-corrected chi connectivity index (χ3v) is 4.86. The van der Waals surface area contributed by atoms with Gasteiger partial charge in [0.25, 0.3) is 6.48 Å². The van der Waals surface area contributed by atoms with Crippen LogP contribution in [0.5, 0.6) is 0 Å². The van der Waals surface area contributed by atoms with E-state index >= 15 is 0 Å². The monoisotopic (exact) mass is 417 g/mol.